The zero-order chi connectivity index (χ0) is 14.3. The molecule has 0 amide bonds. The third-order valence-corrected chi connectivity index (χ3v) is 3.48. The van der Waals surface area contributed by atoms with Gasteiger partial charge in [0.05, 0.1) is 13.0 Å². The van der Waals surface area contributed by atoms with Gasteiger partial charge in [-0.3, -0.25) is 0 Å². The van der Waals surface area contributed by atoms with Gasteiger partial charge in [-0.05, 0) is 26.4 Å². The molecule has 0 saturated carbocycles. The summed E-state index contributed by atoms with van der Waals surface area (Å²) < 4.78 is 42.0. The van der Waals surface area contributed by atoms with Gasteiger partial charge in [0.2, 0.25) is 0 Å². The molecule has 1 fully saturated rings. The maximum atomic E-state index is 12.2. The van der Waals surface area contributed by atoms with Crippen molar-refractivity contribution < 1.29 is 17.9 Å². The van der Waals surface area contributed by atoms with Crippen LogP contribution in [0.1, 0.15) is 26.2 Å². The van der Waals surface area contributed by atoms with Crippen LogP contribution in [0.5, 0.6) is 0 Å². The number of likely N-dealkylation sites (N-methyl/N-ethyl adjacent to an activating group) is 1. The van der Waals surface area contributed by atoms with E-state index in [9.17, 15) is 13.2 Å². The number of hydrogen-bond donors (Lipinski definition) is 1. The first-order valence-electron chi connectivity index (χ1n) is 6.98. The molecule has 1 saturated heterocycles. The van der Waals surface area contributed by atoms with Crippen LogP contribution in [0.4, 0.5) is 13.2 Å². The van der Waals surface area contributed by atoms with Crippen molar-refractivity contribution in [3.63, 3.8) is 0 Å². The Labute approximate surface area is 113 Å². The van der Waals surface area contributed by atoms with Gasteiger partial charge in [-0.25, -0.2) is 0 Å². The molecule has 19 heavy (non-hydrogen) atoms. The predicted molar refractivity (Wildman–Crippen MR) is 69.2 cm³/mol. The number of nitrogens with zero attached hydrogens (tertiary/aromatic N) is 1. The van der Waals surface area contributed by atoms with E-state index in [0.717, 1.165) is 26.0 Å². The van der Waals surface area contributed by atoms with E-state index in [-0.39, 0.29) is 12.6 Å². The zero-order valence-electron chi connectivity index (χ0n) is 11.8. The number of rotatable bonds is 8. The SMILES string of the molecule is CCCNC(CN(C)CCC(F)(F)F)C1CCOC1. The second-order valence-corrected chi connectivity index (χ2v) is 5.31. The monoisotopic (exact) mass is 282 g/mol. The van der Waals surface area contributed by atoms with Crippen LogP contribution in [0.3, 0.4) is 0 Å². The van der Waals surface area contributed by atoms with E-state index in [2.05, 4.69) is 12.2 Å². The second-order valence-electron chi connectivity index (χ2n) is 5.31. The van der Waals surface area contributed by atoms with E-state index in [1.54, 1.807) is 11.9 Å². The van der Waals surface area contributed by atoms with Gasteiger partial charge < -0.3 is 15.0 Å². The van der Waals surface area contributed by atoms with Crippen molar-refractivity contribution in [3.05, 3.63) is 0 Å². The maximum absolute atomic E-state index is 12.2. The quantitative estimate of drug-likeness (QED) is 0.739. The molecule has 1 aliphatic heterocycles. The molecule has 114 valence electrons. The van der Waals surface area contributed by atoms with Crippen LogP contribution in [0.25, 0.3) is 0 Å². The molecule has 0 aromatic rings. The fourth-order valence-corrected chi connectivity index (χ4v) is 2.32. The Balaban J connectivity index is 2.37. The predicted octanol–water partition coefficient (Wildman–Crippen LogP) is 2.28. The van der Waals surface area contributed by atoms with Crippen LogP contribution in [0.2, 0.25) is 0 Å². The fourth-order valence-electron chi connectivity index (χ4n) is 2.32. The first-order chi connectivity index (χ1) is 8.92. The van der Waals surface area contributed by atoms with E-state index in [1.165, 1.54) is 0 Å². The normalized spacial score (nSPS) is 22.1. The van der Waals surface area contributed by atoms with E-state index in [4.69, 9.17) is 4.74 Å². The summed E-state index contributed by atoms with van der Waals surface area (Å²) in [5, 5.41) is 3.44. The van der Waals surface area contributed by atoms with Crippen LogP contribution in [-0.2, 0) is 4.74 Å². The van der Waals surface area contributed by atoms with Crippen molar-refractivity contribution in [1.82, 2.24) is 10.2 Å². The molecular formula is C13H25F3N2O. The van der Waals surface area contributed by atoms with E-state index in [1.807, 2.05) is 0 Å². The maximum Gasteiger partial charge on any atom is 0.390 e. The number of hydrogen-bond acceptors (Lipinski definition) is 3. The summed E-state index contributed by atoms with van der Waals surface area (Å²) in [6, 6.07) is 0.223. The van der Waals surface area contributed by atoms with Gasteiger partial charge in [-0.2, -0.15) is 13.2 Å². The highest BCUT2D eigenvalue weighted by molar-refractivity contribution is 4.81. The fraction of sp³-hybridized carbons (Fsp3) is 1.00. The van der Waals surface area contributed by atoms with Crippen LogP contribution in [0, 0.1) is 5.92 Å². The van der Waals surface area contributed by atoms with Gasteiger partial charge in [0.25, 0.3) is 0 Å². The van der Waals surface area contributed by atoms with Crippen molar-refractivity contribution in [2.45, 2.75) is 38.4 Å². The Kier molecular flexibility index (Phi) is 7.10. The van der Waals surface area contributed by atoms with Gasteiger partial charge in [-0.1, -0.05) is 6.92 Å². The summed E-state index contributed by atoms with van der Waals surface area (Å²) in [7, 11) is 1.75. The lowest BCUT2D eigenvalue weighted by Crippen LogP contribution is -2.45. The highest BCUT2D eigenvalue weighted by Gasteiger charge is 2.29. The topological polar surface area (TPSA) is 24.5 Å². The summed E-state index contributed by atoms with van der Waals surface area (Å²) in [6.07, 6.45) is -2.80. The molecule has 2 unspecified atom stereocenters. The van der Waals surface area contributed by atoms with Crippen molar-refractivity contribution in [2.75, 3.05) is 39.9 Å². The van der Waals surface area contributed by atoms with Gasteiger partial charge in [0, 0.05) is 31.7 Å². The molecule has 0 aromatic heterocycles. The van der Waals surface area contributed by atoms with Gasteiger partial charge in [0.15, 0.2) is 0 Å². The Morgan fingerprint density at radius 1 is 1.42 bits per heavy atom. The molecule has 3 nitrogen and oxygen atoms in total. The van der Waals surface area contributed by atoms with Crippen LogP contribution in [-0.4, -0.2) is 57.0 Å². The Hall–Kier alpha value is -0.330. The molecule has 6 heteroatoms. The Morgan fingerprint density at radius 3 is 2.68 bits per heavy atom. The summed E-state index contributed by atoms with van der Waals surface area (Å²) >= 11 is 0. The summed E-state index contributed by atoms with van der Waals surface area (Å²) in [6.45, 7) is 5.16. The van der Waals surface area contributed by atoms with Gasteiger partial charge >= 0.3 is 6.18 Å². The first kappa shape index (κ1) is 16.7. The molecule has 0 spiro atoms. The average Bonchev–Trinajstić information content (AvgIpc) is 2.84. The number of halogens is 3. The van der Waals surface area contributed by atoms with Crippen LogP contribution >= 0.6 is 0 Å². The van der Waals surface area contributed by atoms with Crippen molar-refractivity contribution in [2.24, 2.45) is 5.92 Å². The van der Waals surface area contributed by atoms with Crippen molar-refractivity contribution >= 4 is 0 Å². The molecule has 1 aliphatic rings. The second kappa shape index (κ2) is 8.07. The lowest BCUT2D eigenvalue weighted by molar-refractivity contribution is -0.137. The minimum atomic E-state index is -4.07. The Morgan fingerprint density at radius 2 is 2.16 bits per heavy atom. The summed E-state index contributed by atoms with van der Waals surface area (Å²) in [5.74, 6) is 0.417. The molecule has 0 bridgehead atoms. The number of ether oxygens (including phenoxy) is 1. The molecule has 1 N–H and O–H groups in total. The third kappa shape index (κ3) is 7.13. The smallest absolute Gasteiger partial charge is 0.381 e. The van der Waals surface area contributed by atoms with Crippen LogP contribution < -0.4 is 5.32 Å². The lowest BCUT2D eigenvalue weighted by Gasteiger charge is -2.29. The largest absolute Gasteiger partial charge is 0.390 e. The van der Waals surface area contributed by atoms with E-state index < -0.39 is 12.6 Å². The van der Waals surface area contributed by atoms with Crippen molar-refractivity contribution in [3.8, 4) is 0 Å². The van der Waals surface area contributed by atoms with Crippen LogP contribution in [0.15, 0.2) is 0 Å². The molecule has 0 aromatic carbocycles. The van der Waals surface area contributed by atoms with Crippen molar-refractivity contribution in [1.29, 1.82) is 0 Å². The van der Waals surface area contributed by atoms with Gasteiger partial charge in [-0.15, -0.1) is 0 Å². The Bertz CT molecular complexity index is 243. The molecule has 0 radical (unpaired) electrons. The zero-order valence-corrected chi connectivity index (χ0v) is 11.8. The standard InChI is InChI=1S/C13H25F3N2O/c1-3-6-17-12(11-4-8-19-10-11)9-18(2)7-5-13(14,15)16/h11-12,17H,3-10H2,1-2H3. The molecular weight excluding hydrogens is 257 g/mol. The summed E-state index contributed by atoms with van der Waals surface area (Å²) in [5.41, 5.74) is 0. The molecule has 1 rings (SSSR count). The minimum absolute atomic E-state index is 0.0569. The highest BCUT2D eigenvalue weighted by atomic mass is 19.4. The summed E-state index contributed by atoms with van der Waals surface area (Å²) in [4.78, 5) is 1.76. The lowest BCUT2D eigenvalue weighted by atomic mass is 9.98. The van der Waals surface area contributed by atoms with E-state index in [0.29, 0.717) is 19.1 Å². The highest BCUT2D eigenvalue weighted by Crippen LogP contribution is 2.21. The van der Waals surface area contributed by atoms with E-state index >= 15 is 0 Å². The molecule has 0 aliphatic carbocycles. The molecule has 2 atom stereocenters. The third-order valence-electron chi connectivity index (χ3n) is 3.48. The number of alkyl halides is 3. The first-order valence-corrected chi connectivity index (χ1v) is 6.98. The molecule has 1 heterocycles. The van der Waals surface area contributed by atoms with Gasteiger partial charge in [0.1, 0.15) is 0 Å². The average molecular weight is 282 g/mol. The minimum Gasteiger partial charge on any atom is -0.381 e. The number of nitrogens with one attached hydrogen (secondary N) is 1.